The van der Waals surface area contributed by atoms with E-state index in [1.807, 2.05) is 31.2 Å². The summed E-state index contributed by atoms with van der Waals surface area (Å²) in [6, 6.07) is 12.3. The minimum absolute atomic E-state index is 0.0639. The van der Waals surface area contributed by atoms with E-state index in [-0.39, 0.29) is 5.24 Å². The number of hydrogen-bond donors (Lipinski definition) is 1. The molecule has 0 aliphatic carbocycles. The van der Waals surface area contributed by atoms with Crippen molar-refractivity contribution in [1.82, 2.24) is 0 Å². The third-order valence-electron chi connectivity index (χ3n) is 3.72. The summed E-state index contributed by atoms with van der Waals surface area (Å²) >= 11 is 1.17. The van der Waals surface area contributed by atoms with Gasteiger partial charge in [0.2, 0.25) is 0 Å². The zero-order chi connectivity index (χ0) is 16.8. The maximum Gasteiger partial charge on any atom is 0.283 e. The van der Waals surface area contributed by atoms with Gasteiger partial charge in [0.1, 0.15) is 12.4 Å². The summed E-state index contributed by atoms with van der Waals surface area (Å²) in [6.07, 6.45) is 2.70. The summed E-state index contributed by atoms with van der Waals surface area (Å²) in [5.74, 6) is 0.873. The smallest absolute Gasteiger partial charge is 0.283 e. The highest BCUT2D eigenvalue weighted by Gasteiger charge is 2.09. The highest BCUT2D eigenvalue weighted by atomic mass is 32.2. The van der Waals surface area contributed by atoms with Gasteiger partial charge in [0.05, 0.1) is 0 Å². The second-order valence-corrected chi connectivity index (χ2v) is 6.30. The first-order valence-electron chi connectivity index (χ1n) is 7.70. The molecule has 0 atom stereocenters. The Hall–Kier alpha value is -1.94. The van der Waals surface area contributed by atoms with Crippen molar-refractivity contribution < 1.29 is 9.53 Å². The van der Waals surface area contributed by atoms with Crippen molar-refractivity contribution in [2.45, 2.75) is 33.8 Å². The van der Waals surface area contributed by atoms with Crippen molar-refractivity contribution in [2.24, 2.45) is 0 Å². The summed E-state index contributed by atoms with van der Waals surface area (Å²) in [7, 11) is 0. The van der Waals surface area contributed by atoms with Gasteiger partial charge in [-0.25, -0.2) is 0 Å². The van der Waals surface area contributed by atoms with Crippen molar-refractivity contribution in [3.8, 4) is 5.75 Å². The highest BCUT2D eigenvalue weighted by molar-refractivity contribution is 8.13. The van der Waals surface area contributed by atoms with Gasteiger partial charge in [-0.15, -0.1) is 0 Å². The lowest BCUT2D eigenvalue weighted by Gasteiger charge is -2.14. The Kier molecular flexibility index (Phi) is 6.11. The first-order valence-corrected chi connectivity index (χ1v) is 8.92. The molecule has 0 fully saturated rings. The Bertz CT molecular complexity index is 698. The van der Waals surface area contributed by atoms with Crippen LogP contribution < -0.4 is 10.1 Å². The summed E-state index contributed by atoms with van der Waals surface area (Å²) in [6.45, 7) is 6.63. The van der Waals surface area contributed by atoms with Crippen LogP contribution >= 0.6 is 11.8 Å². The summed E-state index contributed by atoms with van der Waals surface area (Å²) in [5.41, 5.74) is 5.33. The van der Waals surface area contributed by atoms with E-state index in [2.05, 4.69) is 31.3 Å². The number of nitrogens with one attached hydrogen (secondary N) is 1. The molecule has 3 nitrogen and oxygen atoms in total. The third-order valence-corrected chi connectivity index (χ3v) is 4.19. The second-order valence-electron chi connectivity index (χ2n) is 5.52. The first-order chi connectivity index (χ1) is 11.0. The maximum atomic E-state index is 11.7. The standard InChI is InChI=1S/C19H23NO2S/c1-5-15-7-8-16(17(11-15)20-19(21)23-4)12-22-18-9-6-13(2)10-14(18)3/h6-11H,5,12H2,1-4H3,(H,20,21). The number of carbonyl (C=O) groups is 1. The lowest BCUT2D eigenvalue weighted by molar-refractivity contribution is 0.269. The van der Waals surface area contributed by atoms with Crippen LogP contribution in [0.4, 0.5) is 10.5 Å². The fourth-order valence-corrected chi connectivity index (χ4v) is 2.58. The Morgan fingerprint density at radius 1 is 1.17 bits per heavy atom. The fraction of sp³-hybridized carbons (Fsp3) is 0.316. The lowest BCUT2D eigenvalue weighted by atomic mass is 10.1. The average Bonchev–Trinajstić information content (AvgIpc) is 2.54. The third kappa shape index (κ3) is 4.76. The van der Waals surface area contributed by atoms with Crippen molar-refractivity contribution >= 4 is 22.7 Å². The molecule has 122 valence electrons. The van der Waals surface area contributed by atoms with Crippen LogP contribution in [0.15, 0.2) is 36.4 Å². The monoisotopic (exact) mass is 329 g/mol. The number of benzene rings is 2. The van der Waals surface area contributed by atoms with Gasteiger partial charge in [-0.3, -0.25) is 4.79 Å². The second kappa shape index (κ2) is 8.06. The van der Waals surface area contributed by atoms with Crippen molar-refractivity contribution in [2.75, 3.05) is 11.6 Å². The van der Waals surface area contributed by atoms with Crippen molar-refractivity contribution in [3.05, 3.63) is 58.7 Å². The molecule has 1 N–H and O–H groups in total. The first kappa shape index (κ1) is 17.4. The van der Waals surface area contributed by atoms with Crippen LogP contribution in [0.2, 0.25) is 0 Å². The van der Waals surface area contributed by atoms with E-state index < -0.39 is 0 Å². The van der Waals surface area contributed by atoms with Gasteiger partial charge in [0, 0.05) is 11.3 Å². The van der Waals surface area contributed by atoms with E-state index >= 15 is 0 Å². The SMILES string of the molecule is CCc1ccc(COc2ccc(C)cc2C)c(NC(=O)SC)c1. The van der Waals surface area contributed by atoms with Gasteiger partial charge >= 0.3 is 0 Å². The van der Waals surface area contributed by atoms with Crippen molar-refractivity contribution in [1.29, 1.82) is 0 Å². The molecule has 0 bridgehead atoms. The normalized spacial score (nSPS) is 10.4. The number of carbonyl (C=O) groups excluding carboxylic acids is 1. The number of hydrogen-bond acceptors (Lipinski definition) is 3. The molecule has 0 saturated heterocycles. The van der Waals surface area contributed by atoms with Gasteiger partial charge in [-0.1, -0.05) is 48.5 Å². The maximum absolute atomic E-state index is 11.7. The topological polar surface area (TPSA) is 38.3 Å². The van der Waals surface area contributed by atoms with Gasteiger partial charge in [0.25, 0.3) is 5.24 Å². The lowest BCUT2D eigenvalue weighted by Crippen LogP contribution is -2.09. The van der Waals surface area contributed by atoms with Gasteiger partial charge < -0.3 is 10.1 Å². The molecule has 2 aromatic rings. The zero-order valence-corrected chi connectivity index (χ0v) is 14.9. The minimum Gasteiger partial charge on any atom is -0.489 e. The van der Waals surface area contributed by atoms with Crippen LogP contribution in [0.25, 0.3) is 0 Å². The van der Waals surface area contributed by atoms with Crippen LogP contribution in [0.1, 0.15) is 29.2 Å². The molecule has 0 saturated carbocycles. The van der Waals surface area contributed by atoms with E-state index in [4.69, 9.17) is 4.74 Å². The van der Waals surface area contributed by atoms with E-state index in [1.54, 1.807) is 6.26 Å². The van der Waals surface area contributed by atoms with Crippen LogP contribution in [0.3, 0.4) is 0 Å². The number of amides is 1. The van der Waals surface area contributed by atoms with Crippen LogP contribution in [-0.4, -0.2) is 11.5 Å². The summed E-state index contributed by atoms with van der Waals surface area (Å²) in [4.78, 5) is 11.7. The van der Waals surface area contributed by atoms with Crippen LogP contribution in [0.5, 0.6) is 5.75 Å². The molecular weight excluding hydrogens is 306 g/mol. The average molecular weight is 329 g/mol. The number of anilines is 1. The molecule has 0 heterocycles. The molecule has 0 aliphatic heterocycles. The molecule has 0 aromatic heterocycles. The molecule has 23 heavy (non-hydrogen) atoms. The van der Waals surface area contributed by atoms with Crippen LogP contribution in [-0.2, 0) is 13.0 Å². The Morgan fingerprint density at radius 2 is 1.96 bits per heavy atom. The summed E-state index contributed by atoms with van der Waals surface area (Å²) < 4.78 is 5.95. The molecule has 4 heteroatoms. The van der Waals surface area contributed by atoms with E-state index in [0.29, 0.717) is 6.61 Å². The number of thioether (sulfide) groups is 1. The molecule has 2 rings (SSSR count). The zero-order valence-electron chi connectivity index (χ0n) is 14.1. The Morgan fingerprint density at radius 3 is 2.61 bits per heavy atom. The van der Waals surface area contributed by atoms with Gasteiger partial charge in [-0.2, -0.15) is 0 Å². The van der Waals surface area contributed by atoms with Crippen molar-refractivity contribution in [3.63, 3.8) is 0 Å². The molecule has 0 aliphatic rings. The minimum atomic E-state index is -0.0639. The van der Waals surface area contributed by atoms with E-state index in [0.717, 1.165) is 29.0 Å². The number of aryl methyl sites for hydroxylation is 3. The van der Waals surface area contributed by atoms with Gasteiger partial charge in [-0.05, 0) is 49.8 Å². The molecule has 0 unspecified atom stereocenters. The molecule has 0 radical (unpaired) electrons. The van der Waals surface area contributed by atoms with Crippen LogP contribution in [0, 0.1) is 13.8 Å². The molecule has 2 aromatic carbocycles. The largest absolute Gasteiger partial charge is 0.489 e. The summed E-state index contributed by atoms with van der Waals surface area (Å²) in [5, 5.41) is 2.88. The predicted molar refractivity (Wildman–Crippen MR) is 98.6 cm³/mol. The van der Waals surface area contributed by atoms with Gasteiger partial charge in [0.15, 0.2) is 0 Å². The quantitative estimate of drug-likeness (QED) is 0.804. The highest BCUT2D eigenvalue weighted by Crippen LogP contribution is 2.24. The van der Waals surface area contributed by atoms with E-state index in [9.17, 15) is 4.79 Å². The molecular formula is C19H23NO2S. The number of rotatable bonds is 5. The molecule has 0 spiro atoms. The molecule has 1 amide bonds. The van der Waals surface area contributed by atoms with E-state index in [1.165, 1.54) is 22.9 Å². The fourth-order valence-electron chi connectivity index (χ4n) is 2.36. The predicted octanol–water partition coefficient (Wildman–Crippen LogP) is 5.34. The Labute approximate surface area is 142 Å². The number of ether oxygens (including phenoxy) is 1. The Balaban J connectivity index is 2.19.